The molecule has 98 valence electrons. The highest BCUT2D eigenvalue weighted by Gasteiger charge is 2.15. The van der Waals surface area contributed by atoms with Crippen LogP contribution in [0.25, 0.3) is 11.0 Å². The number of nitrogens with one attached hydrogen (secondary N) is 1. The molecule has 0 aliphatic heterocycles. The van der Waals surface area contributed by atoms with Crippen LogP contribution in [0.5, 0.6) is 0 Å². The third-order valence-corrected chi connectivity index (χ3v) is 3.78. The van der Waals surface area contributed by atoms with Crippen molar-refractivity contribution in [1.29, 1.82) is 0 Å². The molecule has 0 fully saturated rings. The molecular formula is C13H12ClN3OS. The fourth-order valence-electron chi connectivity index (χ4n) is 1.94. The summed E-state index contributed by atoms with van der Waals surface area (Å²) >= 11 is 7.42. The van der Waals surface area contributed by atoms with Crippen molar-refractivity contribution in [1.82, 2.24) is 8.75 Å². The number of hydrogen-bond donors (Lipinski definition) is 1. The third kappa shape index (κ3) is 2.31. The second-order valence-electron chi connectivity index (χ2n) is 4.37. The molecule has 0 spiro atoms. The van der Waals surface area contributed by atoms with Gasteiger partial charge in [-0.25, -0.2) is 0 Å². The fraction of sp³-hybridized carbons (Fsp3) is 0.231. The van der Waals surface area contributed by atoms with Gasteiger partial charge in [0.15, 0.2) is 0 Å². The highest BCUT2D eigenvalue weighted by atomic mass is 35.5. The molecule has 2 heterocycles. The second-order valence-corrected chi connectivity index (χ2v) is 5.30. The predicted molar refractivity (Wildman–Crippen MR) is 77.9 cm³/mol. The lowest BCUT2D eigenvalue weighted by atomic mass is 10.2. The minimum atomic E-state index is 0.0125. The summed E-state index contributed by atoms with van der Waals surface area (Å²) in [6.45, 7) is 3.95. The molecule has 0 aliphatic carbocycles. The van der Waals surface area contributed by atoms with Gasteiger partial charge in [-0.3, -0.25) is 0 Å². The lowest BCUT2D eigenvalue weighted by Gasteiger charge is -2.14. The van der Waals surface area contributed by atoms with Gasteiger partial charge in [0, 0.05) is 0 Å². The van der Waals surface area contributed by atoms with Gasteiger partial charge in [-0.1, -0.05) is 11.6 Å². The first-order valence-electron chi connectivity index (χ1n) is 5.89. The minimum absolute atomic E-state index is 0.0125. The number of aromatic nitrogens is 2. The van der Waals surface area contributed by atoms with Crippen LogP contribution in [0.2, 0.25) is 5.02 Å². The maximum absolute atomic E-state index is 6.24. The molecule has 1 unspecified atom stereocenters. The van der Waals surface area contributed by atoms with E-state index in [1.165, 1.54) is 11.7 Å². The number of aryl methyl sites for hydroxylation is 1. The molecule has 1 atom stereocenters. The zero-order valence-corrected chi connectivity index (χ0v) is 12.0. The molecule has 4 nitrogen and oxygen atoms in total. The summed E-state index contributed by atoms with van der Waals surface area (Å²) < 4.78 is 14.1. The van der Waals surface area contributed by atoms with E-state index in [2.05, 4.69) is 14.1 Å². The Morgan fingerprint density at radius 1 is 1.26 bits per heavy atom. The predicted octanol–water partition coefficient (Wildman–Crippen LogP) is 4.42. The van der Waals surface area contributed by atoms with Crippen molar-refractivity contribution in [3.63, 3.8) is 0 Å². The number of hydrogen-bond acceptors (Lipinski definition) is 5. The summed E-state index contributed by atoms with van der Waals surface area (Å²) in [6, 6.07) is 7.61. The van der Waals surface area contributed by atoms with Crippen LogP contribution in [0, 0.1) is 6.92 Å². The van der Waals surface area contributed by atoms with Gasteiger partial charge in [0.25, 0.3) is 0 Å². The number of halogens is 1. The standard InChI is InChI=1S/C13H12ClN3OS/c1-7-3-6-11(18-7)8(2)15-12-9(14)4-5-10-13(12)17-19-16-10/h3-6,8,15H,1-2H3. The summed E-state index contributed by atoms with van der Waals surface area (Å²) in [5, 5.41) is 3.98. The van der Waals surface area contributed by atoms with Gasteiger partial charge in [-0.05, 0) is 38.1 Å². The lowest BCUT2D eigenvalue weighted by molar-refractivity contribution is 0.467. The highest BCUT2D eigenvalue weighted by Crippen LogP contribution is 2.33. The maximum atomic E-state index is 6.24. The smallest absolute Gasteiger partial charge is 0.129 e. The lowest BCUT2D eigenvalue weighted by Crippen LogP contribution is -2.06. The Hall–Kier alpha value is -1.59. The van der Waals surface area contributed by atoms with Crippen LogP contribution in [0.3, 0.4) is 0 Å². The molecule has 0 aliphatic rings. The van der Waals surface area contributed by atoms with Crippen LogP contribution in [0.1, 0.15) is 24.5 Å². The Morgan fingerprint density at radius 3 is 2.84 bits per heavy atom. The normalized spacial score (nSPS) is 12.8. The molecule has 6 heteroatoms. The van der Waals surface area contributed by atoms with Gasteiger partial charge in [0.05, 0.1) is 28.5 Å². The van der Waals surface area contributed by atoms with E-state index in [1.54, 1.807) is 0 Å². The average molecular weight is 294 g/mol. The van der Waals surface area contributed by atoms with Crippen LogP contribution in [-0.4, -0.2) is 8.75 Å². The van der Waals surface area contributed by atoms with Gasteiger partial charge in [-0.2, -0.15) is 8.75 Å². The molecule has 0 radical (unpaired) electrons. The molecule has 2 aromatic heterocycles. The number of furan rings is 1. The molecule has 0 saturated heterocycles. The third-order valence-electron chi connectivity index (χ3n) is 2.93. The quantitative estimate of drug-likeness (QED) is 0.776. The minimum Gasteiger partial charge on any atom is -0.464 e. The molecule has 1 N–H and O–H groups in total. The van der Waals surface area contributed by atoms with Gasteiger partial charge in [-0.15, -0.1) is 0 Å². The summed E-state index contributed by atoms with van der Waals surface area (Å²) in [4.78, 5) is 0. The van der Waals surface area contributed by atoms with Crippen LogP contribution in [-0.2, 0) is 0 Å². The van der Waals surface area contributed by atoms with E-state index in [1.807, 2.05) is 38.1 Å². The average Bonchev–Trinajstić information content (AvgIpc) is 3.01. The van der Waals surface area contributed by atoms with Crippen molar-refractivity contribution in [2.75, 3.05) is 5.32 Å². The Morgan fingerprint density at radius 2 is 2.11 bits per heavy atom. The SMILES string of the molecule is Cc1ccc(C(C)Nc2c(Cl)ccc3nsnc23)o1. The van der Waals surface area contributed by atoms with E-state index in [0.717, 1.165) is 28.2 Å². The largest absolute Gasteiger partial charge is 0.464 e. The Bertz CT molecular complexity index is 722. The van der Waals surface area contributed by atoms with Gasteiger partial charge in [0.2, 0.25) is 0 Å². The van der Waals surface area contributed by atoms with Crippen molar-refractivity contribution < 1.29 is 4.42 Å². The zero-order chi connectivity index (χ0) is 13.4. The van der Waals surface area contributed by atoms with Crippen LogP contribution in [0.15, 0.2) is 28.7 Å². The van der Waals surface area contributed by atoms with Crippen molar-refractivity contribution in [3.8, 4) is 0 Å². The summed E-state index contributed by atoms with van der Waals surface area (Å²) in [5.41, 5.74) is 2.45. The van der Waals surface area contributed by atoms with Gasteiger partial charge < -0.3 is 9.73 Å². The first-order chi connectivity index (χ1) is 9.15. The van der Waals surface area contributed by atoms with Gasteiger partial charge >= 0.3 is 0 Å². The van der Waals surface area contributed by atoms with Crippen molar-refractivity contribution in [2.45, 2.75) is 19.9 Å². The molecule has 0 saturated carbocycles. The van der Waals surface area contributed by atoms with Crippen molar-refractivity contribution in [2.24, 2.45) is 0 Å². The molecule has 1 aromatic carbocycles. The summed E-state index contributed by atoms with van der Waals surface area (Å²) in [7, 11) is 0. The molecular weight excluding hydrogens is 282 g/mol. The topological polar surface area (TPSA) is 51.0 Å². The van der Waals surface area contributed by atoms with E-state index in [0.29, 0.717) is 5.02 Å². The van der Waals surface area contributed by atoms with Crippen molar-refractivity contribution in [3.05, 3.63) is 40.8 Å². The van der Waals surface area contributed by atoms with E-state index >= 15 is 0 Å². The highest BCUT2D eigenvalue weighted by molar-refractivity contribution is 7.00. The monoisotopic (exact) mass is 293 g/mol. The Kier molecular flexibility index (Phi) is 3.16. The number of rotatable bonds is 3. The molecule has 3 aromatic rings. The van der Waals surface area contributed by atoms with Crippen molar-refractivity contribution >= 4 is 40.0 Å². The van der Waals surface area contributed by atoms with E-state index in [9.17, 15) is 0 Å². The first-order valence-corrected chi connectivity index (χ1v) is 6.99. The maximum Gasteiger partial charge on any atom is 0.129 e. The molecule has 19 heavy (non-hydrogen) atoms. The number of benzene rings is 1. The summed E-state index contributed by atoms with van der Waals surface area (Å²) in [5.74, 6) is 1.76. The number of fused-ring (bicyclic) bond motifs is 1. The molecule has 0 bridgehead atoms. The Balaban J connectivity index is 1.96. The van der Waals surface area contributed by atoms with E-state index < -0.39 is 0 Å². The van der Waals surface area contributed by atoms with Crippen LogP contribution >= 0.6 is 23.3 Å². The van der Waals surface area contributed by atoms with E-state index in [-0.39, 0.29) is 6.04 Å². The molecule has 3 rings (SSSR count). The molecule has 0 amide bonds. The second kappa shape index (κ2) is 4.83. The first kappa shape index (κ1) is 12.4. The van der Waals surface area contributed by atoms with E-state index in [4.69, 9.17) is 16.0 Å². The number of nitrogens with zero attached hydrogens (tertiary/aromatic N) is 2. The summed E-state index contributed by atoms with van der Waals surface area (Å²) in [6.07, 6.45) is 0. The van der Waals surface area contributed by atoms with Gasteiger partial charge in [0.1, 0.15) is 22.6 Å². The zero-order valence-electron chi connectivity index (χ0n) is 10.5. The van der Waals surface area contributed by atoms with Crippen LogP contribution < -0.4 is 5.32 Å². The fourth-order valence-corrected chi connectivity index (χ4v) is 2.69. The van der Waals surface area contributed by atoms with Crippen LogP contribution in [0.4, 0.5) is 5.69 Å². The number of anilines is 1. The Labute approximate surface area is 119 Å².